The van der Waals surface area contributed by atoms with Crippen LogP contribution in [0, 0.1) is 5.82 Å². The summed E-state index contributed by atoms with van der Waals surface area (Å²) in [4.78, 5) is 18.7. The van der Waals surface area contributed by atoms with Crippen molar-refractivity contribution in [3.05, 3.63) is 40.7 Å². The van der Waals surface area contributed by atoms with Gasteiger partial charge in [0.1, 0.15) is 5.82 Å². The summed E-state index contributed by atoms with van der Waals surface area (Å²) in [5.74, 6) is -0.427. The van der Waals surface area contributed by atoms with Crippen molar-refractivity contribution in [3.63, 3.8) is 0 Å². The molecule has 1 aromatic heterocycles. The highest BCUT2D eigenvalue weighted by Crippen LogP contribution is 2.10. The van der Waals surface area contributed by atoms with Gasteiger partial charge in [-0.3, -0.25) is 9.36 Å². The Morgan fingerprint density at radius 2 is 2.05 bits per heavy atom. The lowest BCUT2D eigenvalue weighted by Gasteiger charge is -2.29. The number of fused-ring (bicyclic) bond motifs is 1. The molecule has 0 radical (unpaired) electrons. The number of likely N-dealkylation sites (tertiary alicyclic amines) is 1. The number of piperidine rings is 1. The largest absolute Gasteiger partial charge is 0.393 e. The van der Waals surface area contributed by atoms with Crippen LogP contribution in [-0.4, -0.2) is 45.3 Å². The standard InChI is InChI=1S/C15H18FN3O2/c16-11-1-2-14-13(9-11)15(21)19(10-17-14)8-7-18-5-3-12(20)4-6-18/h1-2,9-10,12,20H,3-8H2. The highest BCUT2D eigenvalue weighted by Gasteiger charge is 2.16. The number of hydrogen-bond acceptors (Lipinski definition) is 4. The molecule has 0 saturated carbocycles. The van der Waals surface area contributed by atoms with Crippen LogP contribution in [-0.2, 0) is 6.54 Å². The zero-order valence-electron chi connectivity index (χ0n) is 11.7. The van der Waals surface area contributed by atoms with Gasteiger partial charge in [0, 0.05) is 26.2 Å². The van der Waals surface area contributed by atoms with Crippen LogP contribution < -0.4 is 5.56 Å². The van der Waals surface area contributed by atoms with Gasteiger partial charge in [-0.2, -0.15) is 0 Å². The normalized spacial score (nSPS) is 17.4. The molecule has 0 amide bonds. The van der Waals surface area contributed by atoms with Crippen molar-refractivity contribution in [2.24, 2.45) is 0 Å². The van der Waals surface area contributed by atoms with E-state index in [0.29, 0.717) is 17.4 Å². The van der Waals surface area contributed by atoms with Crippen molar-refractivity contribution in [1.29, 1.82) is 0 Å². The smallest absolute Gasteiger partial charge is 0.261 e. The van der Waals surface area contributed by atoms with Crippen LogP contribution in [0.1, 0.15) is 12.8 Å². The molecular formula is C15H18FN3O2. The fourth-order valence-corrected chi connectivity index (χ4v) is 2.68. The van der Waals surface area contributed by atoms with Gasteiger partial charge in [-0.25, -0.2) is 9.37 Å². The molecule has 6 heteroatoms. The first-order chi connectivity index (χ1) is 10.1. The van der Waals surface area contributed by atoms with Gasteiger partial charge in [0.2, 0.25) is 0 Å². The molecule has 2 heterocycles. The Balaban J connectivity index is 1.75. The molecule has 0 unspecified atom stereocenters. The Morgan fingerprint density at radius 3 is 2.81 bits per heavy atom. The van der Waals surface area contributed by atoms with Crippen LogP contribution in [0.4, 0.5) is 4.39 Å². The molecule has 1 aliphatic rings. The number of benzene rings is 1. The van der Waals surface area contributed by atoms with Gasteiger partial charge in [0.05, 0.1) is 23.3 Å². The number of nitrogens with zero attached hydrogens (tertiary/aromatic N) is 3. The maximum absolute atomic E-state index is 13.3. The van der Waals surface area contributed by atoms with Gasteiger partial charge in [0.25, 0.3) is 5.56 Å². The Morgan fingerprint density at radius 1 is 1.29 bits per heavy atom. The van der Waals surface area contributed by atoms with E-state index in [0.717, 1.165) is 32.5 Å². The third-order valence-corrected chi connectivity index (χ3v) is 4.00. The quantitative estimate of drug-likeness (QED) is 0.916. The summed E-state index contributed by atoms with van der Waals surface area (Å²) < 4.78 is 14.8. The maximum atomic E-state index is 13.3. The molecule has 5 nitrogen and oxygen atoms in total. The number of aliphatic hydroxyl groups is 1. The monoisotopic (exact) mass is 291 g/mol. The zero-order chi connectivity index (χ0) is 14.8. The van der Waals surface area contributed by atoms with E-state index in [1.54, 1.807) is 0 Å². The van der Waals surface area contributed by atoms with Crippen molar-refractivity contribution >= 4 is 10.9 Å². The van der Waals surface area contributed by atoms with E-state index in [4.69, 9.17) is 0 Å². The predicted octanol–water partition coefficient (Wildman–Crippen LogP) is 0.992. The molecule has 1 aromatic carbocycles. The minimum atomic E-state index is -0.427. The topological polar surface area (TPSA) is 58.4 Å². The molecule has 1 saturated heterocycles. The summed E-state index contributed by atoms with van der Waals surface area (Å²) in [6.45, 7) is 2.93. The molecule has 112 valence electrons. The van der Waals surface area contributed by atoms with E-state index in [1.165, 1.54) is 29.1 Å². The molecular weight excluding hydrogens is 273 g/mol. The zero-order valence-corrected chi connectivity index (χ0v) is 11.7. The van der Waals surface area contributed by atoms with Crippen molar-refractivity contribution in [2.45, 2.75) is 25.5 Å². The number of rotatable bonds is 3. The van der Waals surface area contributed by atoms with Crippen molar-refractivity contribution < 1.29 is 9.50 Å². The van der Waals surface area contributed by atoms with Gasteiger partial charge in [-0.05, 0) is 31.0 Å². The van der Waals surface area contributed by atoms with Crippen LogP contribution in [0.25, 0.3) is 10.9 Å². The van der Waals surface area contributed by atoms with Gasteiger partial charge in [-0.15, -0.1) is 0 Å². The van der Waals surface area contributed by atoms with E-state index in [9.17, 15) is 14.3 Å². The van der Waals surface area contributed by atoms with Gasteiger partial charge < -0.3 is 10.0 Å². The van der Waals surface area contributed by atoms with Crippen LogP contribution in [0.15, 0.2) is 29.3 Å². The molecule has 21 heavy (non-hydrogen) atoms. The van der Waals surface area contributed by atoms with Crippen molar-refractivity contribution in [1.82, 2.24) is 14.5 Å². The number of aromatic nitrogens is 2. The molecule has 1 fully saturated rings. The molecule has 0 bridgehead atoms. The Kier molecular flexibility index (Phi) is 3.98. The predicted molar refractivity (Wildman–Crippen MR) is 77.6 cm³/mol. The van der Waals surface area contributed by atoms with Gasteiger partial charge in [-0.1, -0.05) is 0 Å². The summed E-state index contributed by atoms with van der Waals surface area (Å²) >= 11 is 0. The summed E-state index contributed by atoms with van der Waals surface area (Å²) in [6.07, 6.45) is 2.86. The third-order valence-electron chi connectivity index (χ3n) is 4.00. The molecule has 0 aliphatic carbocycles. The molecule has 1 N–H and O–H groups in total. The third kappa shape index (κ3) is 3.11. The minimum absolute atomic E-state index is 0.200. The van der Waals surface area contributed by atoms with E-state index in [2.05, 4.69) is 9.88 Å². The first kappa shape index (κ1) is 14.2. The van der Waals surface area contributed by atoms with Gasteiger partial charge >= 0.3 is 0 Å². The summed E-state index contributed by atoms with van der Waals surface area (Å²) in [5, 5.41) is 9.78. The average Bonchev–Trinajstić information content (AvgIpc) is 2.49. The lowest BCUT2D eigenvalue weighted by molar-refractivity contribution is 0.0808. The number of aliphatic hydroxyl groups excluding tert-OH is 1. The average molecular weight is 291 g/mol. The van der Waals surface area contributed by atoms with Crippen molar-refractivity contribution in [3.8, 4) is 0 Å². The second kappa shape index (κ2) is 5.91. The Bertz CT molecular complexity index is 693. The molecule has 3 rings (SSSR count). The Labute approximate surface area is 121 Å². The highest BCUT2D eigenvalue weighted by atomic mass is 19.1. The summed E-state index contributed by atoms with van der Waals surface area (Å²) in [7, 11) is 0. The van der Waals surface area contributed by atoms with E-state index in [1.807, 2.05) is 0 Å². The number of halogens is 1. The fourth-order valence-electron chi connectivity index (χ4n) is 2.68. The second-order valence-electron chi connectivity index (χ2n) is 5.48. The maximum Gasteiger partial charge on any atom is 0.261 e. The van der Waals surface area contributed by atoms with Crippen LogP contribution in [0.2, 0.25) is 0 Å². The fraction of sp³-hybridized carbons (Fsp3) is 0.467. The van der Waals surface area contributed by atoms with Gasteiger partial charge in [0.15, 0.2) is 0 Å². The second-order valence-corrected chi connectivity index (χ2v) is 5.48. The van der Waals surface area contributed by atoms with E-state index >= 15 is 0 Å². The van der Waals surface area contributed by atoms with E-state index in [-0.39, 0.29) is 11.7 Å². The molecule has 2 aromatic rings. The SMILES string of the molecule is O=c1c2cc(F)ccc2ncn1CCN1CCC(O)CC1. The lowest BCUT2D eigenvalue weighted by atomic mass is 10.1. The van der Waals surface area contributed by atoms with Crippen LogP contribution >= 0.6 is 0 Å². The van der Waals surface area contributed by atoms with Crippen LogP contribution in [0.3, 0.4) is 0 Å². The minimum Gasteiger partial charge on any atom is -0.393 e. The molecule has 0 atom stereocenters. The molecule has 0 spiro atoms. The van der Waals surface area contributed by atoms with E-state index < -0.39 is 5.82 Å². The first-order valence-electron chi connectivity index (χ1n) is 7.18. The van der Waals surface area contributed by atoms with Crippen LogP contribution in [0.5, 0.6) is 0 Å². The molecule has 1 aliphatic heterocycles. The Hall–Kier alpha value is -1.79. The summed E-state index contributed by atoms with van der Waals surface area (Å²) in [5.41, 5.74) is 0.301. The number of hydrogen-bond donors (Lipinski definition) is 1. The lowest BCUT2D eigenvalue weighted by Crippen LogP contribution is -2.38. The summed E-state index contributed by atoms with van der Waals surface area (Å²) in [6, 6.07) is 4.05. The first-order valence-corrected chi connectivity index (χ1v) is 7.18. The highest BCUT2D eigenvalue weighted by molar-refractivity contribution is 5.77. The van der Waals surface area contributed by atoms with Crippen molar-refractivity contribution in [2.75, 3.05) is 19.6 Å².